The first-order valence-electron chi connectivity index (χ1n) is 4.79. The molecule has 1 fully saturated rings. The normalized spacial score (nSPS) is 27.4. The summed E-state index contributed by atoms with van der Waals surface area (Å²) in [5.74, 6) is 0. The van der Waals surface area contributed by atoms with Crippen molar-refractivity contribution in [1.82, 2.24) is 10.3 Å². The van der Waals surface area contributed by atoms with Gasteiger partial charge in [-0.15, -0.1) is 11.3 Å². The Morgan fingerprint density at radius 1 is 1.62 bits per heavy atom. The molecule has 0 bridgehead atoms. The molecule has 1 aromatic rings. The number of nitrogens with one attached hydrogen (secondary N) is 1. The summed E-state index contributed by atoms with van der Waals surface area (Å²) < 4.78 is 0. The topological polar surface area (TPSA) is 24.9 Å². The monoisotopic (exact) mass is 196 g/mol. The molecule has 2 rings (SSSR count). The van der Waals surface area contributed by atoms with Gasteiger partial charge in [0.1, 0.15) is 0 Å². The van der Waals surface area contributed by atoms with Gasteiger partial charge in [0.05, 0.1) is 5.51 Å². The molecule has 0 spiro atoms. The van der Waals surface area contributed by atoms with Crippen LogP contribution in [0.5, 0.6) is 0 Å². The van der Waals surface area contributed by atoms with Gasteiger partial charge < -0.3 is 5.32 Å². The summed E-state index contributed by atoms with van der Waals surface area (Å²) >= 11 is 1.76. The molecule has 1 N–H and O–H groups in total. The number of thiazole rings is 1. The Hall–Kier alpha value is -0.410. The molecule has 1 aliphatic rings. The highest BCUT2D eigenvalue weighted by atomic mass is 32.1. The second-order valence-electron chi connectivity index (χ2n) is 4.54. The summed E-state index contributed by atoms with van der Waals surface area (Å²) in [4.78, 5) is 5.50. The Balaban J connectivity index is 1.99. The van der Waals surface area contributed by atoms with Crippen LogP contribution in [0.1, 0.15) is 37.6 Å². The van der Waals surface area contributed by atoms with E-state index in [0.717, 1.165) is 6.54 Å². The van der Waals surface area contributed by atoms with E-state index in [1.54, 1.807) is 11.3 Å². The fraction of sp³-hybridized carbons (Fsp3) is 0.700. The molecule has 0 unspecified atom stereocenters. The summed E-state index contributed by atoms with van der Waals surface area (Å²) in [6, 6.07) is 0.556. The summed E-state index contributed by atoms with van der Waals surface area (Å²) in [5.41, 5.74) is 2.39. The van der Waals surface area contributed by atoms with Gasteiger partial charge in [-0.3, -0.25) is 4.98 Å². The molecule has 3 heteroatoms. The minimum absolute atomic E-state index is 0.473. The highest BCUT2D eigenvalue weighted by molar-refractivity contribution is 7.09. The van der Waals surface area contributed by atoms with Crippen LogP contribution in [0.3, 0.4) is 0 Å². The van der Waals surface area contributed by atoms with E-state index < -0.39 is 0 Å². The zero-order valence-electron chi connectivity index (χ0n) is 8.21. The smallest absolute Gasteiger partial charge is 0.0794 e. The van der Waals surface area contributed by atoms with E-state index in [4.69, 9.17) is 0 Å². The van der Waals surface area contributed by atoms with E-state index in [0.29, 0.717) is 11.5 Å². The first-order valence-corrected chi connectivity index (χ1v) is 5.67. The van der Waals surface area contributed by atoms with Gasteiger partial charge in [-0.05, 0) is 18.3 Å². The summed E-state index contributed by atoms with van der Waals surface area (Å²) in [7, 11) is 0. The van der Waals surface area contributed by atoms with Crippen LogP contribution in [0.4, 0.5) is 0 Å². The minimum atomic E-state index is 0.473. The zero-order chi connectivity index (χ0) is 9.31. The lowest BCUT2D eigenvalue weighted by atomic mass is 9.82. The molecule has 1 atom stereocenters. The van der Waals surface area contributed by atoms with E-state index in [-0.39, 0.29) is 0 Å². The molecule has 13 heavy (non-hydrogen) atoms. The van der Waals surface area contributed by atoms with Gasteiger partial charge in [0.15, 0.2) is 0 Å². The maximum absolute atomic E-state index is 4.11. The summed E-state index contributed by atoms with van der Waals surface area (Å²) in [5, 5.41) is 3.58. The second kappa shape index (κ2) is 3.39. The molecular formula is C10H16N2S. The number of aromatic nitrogens is 1. The fourth-order valence-corrected chi connectivity index (χ4v) is 2.50. The zero-order valence-corrected chi connectivity index (χ0v) is 9.03. The molecule has 2 heterocycles. The van der Waals surface area contributed by atoms with Crippen molar-refractivity contribution in [1.29, 1.82) is 0 Å². The van der Waals surface area contributed by atoms with Gasteiger partial charge in [0.25, 0.3) is 0 Å². The van der Waals surface area contributed by atoms with Crippen molar-refractivity contribution < 1.29 is 0 Å². The van der Waals surface area contributed by atoms with Crippen LogP contribution < -0.4 is 5.32 Å². The average molecular weight is 196 g/mol. The third-order valence-corrected chi connectivity index (χ3v) is 3.62. The highest BCUT2D eigenvalue weighted by Gasteiger charge is 2.27. The molecule has 0 aliphatic carbocycles. The van der Waals surface area contributed by atoms with Gasteiger partial charge in [-0.2, -0.15) is 0 Å². The van der Waals surface area contributed by atoms with E-state index in [9.17, 15) is 0 Å². The molecule has 0 saturated carbocycles. The molecule has 0 amide bonds. The second-order valence-corrected chi connectivity index (χ2v) is 5.46. The predicted octanol–water partition coefficient (Wildman–Crippen LogP) is 2.59. The van der Waals surface area contributed by atoms with Crippen LogP contribution >= 0.6 is 11.3 Å². The van der Waals surface area contributed by atoms with Crippen molar-refractivity contribution in [3.63, 3.8) is 0 Å². The third kappa shape index (κ3) is 2.09. The standard InChI is InChI=1S/C10H16N2S/c1-10(2)4-3-8(12-6-10)9-5-11-7-13-9/h5,7-8,12H,3-4,6H2,1-2H3/t8-/m1/s1. The SMILES string of the molecule is CC1(C)CC[C@H](c2cncs2)NC1. The Labute approximate surface area is 83.4 Å². The van der Waals surface area contributed by atoms with Crippen molar-refractivity contribution in [2.75, 3.05) is 6.54 Å². The van der Waals surface area contributed by atoms with E-state index in [1.807, 2.05) is 11.7 Å². The maximum Gasteiger partial charge on any atom is 0.0794 e. The van der Waals surface area contributed by atoms with Crippen LogP contribution in [0.2, 0.25) is 0 Å². The van der Waals surface area contributed by atoms with E-state index >= 15 is 0 Å². The van der Waals surface area contributed by atoms with Crippen LogP contribution in [0.25, 0.3) is 0 Å². The number of hydrogen-bond donors (Lipinski definition) is 1. The van der Waals surface area contributed by atoms with E-state index in [2.05, 4.69) is 24.1 Å². The number of piperidine rings is 1. The molecule has 1 aromatic heterocycles. The Kier molecular flexibility index (Phi) is 2.39. The van der Waals surface area contributed by atoms with Gasteiger partial charge >= 0.3 is 0 Å². The molecule has 0 radical (unpaired) electrons. The Morgan fingerprint density at radius 2 is 2.46 bits per heavy atom. The first-order chi connectivity index (χ1) is 6.17. The summed E-state index contributed by atoms with van der Waals surface area (Å²) in [6.45, 7) is 5.77. The number of hydrogen-bond acceptors (Lipinski definition) is 3. The molecular weight excluding hydrogens is 180 g/mol. The predicted molar refractivity (Wildman–Crippen MR) is 55.9 cm³/mol. The molecule has 1 saturated heterocycles. The van der Waals surface area contributed by atoms with Gasteiger partial charge in [-0.25, -0.2) is 0 Å². The van der Waals surface area contributed by atoms with Crippen molar-refractivity contribution in [2.45, 2.75) is 32.7 Å². The van der Waals surface area contributed by atoms with Crippen molar-refractivity contribution in [2.24, 2.45) is 5.41 Å². The molecule has 1 aliphatic heterocycles. The van der Waals surface area contributed by atoms with Crippen LogP contribution in [0, 0.1) is 5.41 Å². The van der Waals surface area contributed by atoms with Crippen LogP contribution in [-0.4, -0.2) is 11.5 Å². The van der Waals surface area contributed by atoms with Gasteiger partial charge in [0, 0.05) is 23.7 Å². The highest BCUT2D eigenvalue weighted by Crippen LogP contribution is 2.33. The lowest BCUT2D eigenvalue weighted by Gasteiger charge is -2.34. The van der Waals surface area contributed by atoms with Crippen LogP contribution in [0.15, 0.2) is 11.7 Å². The van der Waals surface area contributed by atoms with Crippen LogP contribution in [-0.2, 0) is 0 Å². The quantitative estimate of drug-likeness (QED) is 0.746. The lowest BCUT2D eigenvalue weighted by molar-refractivity contribution is 0.225. The minimum Gasteiger partial charge on any atom is -0.309 e. The molecule has 2 nitrogen and oxygen atoms in total. The largest absolute Gasteiger partial charge is 0.309 e. The fourth-order valence-electron chi connectivity index (χ4n) is 1.77. The molecule has 0 aromatic carbocycles. The maximum atomic E-state index is 4.11. The van der Waals surface area contributed by atoms with Gasteiger partial charge in [0.2, 0.25) is 0 Å². The number of nitrogens with zero attached hydrogens (tertiary/aromatic N) is 1. The Bertz CT molecular complexity index is 256. The van der Waals surface area contributed by atoms with Crippen molar-refractivity contribution >= 4 is 11.3 Å². The van der Waals surface area contributed by atoms with Gasteiger partial charge in [-0.1, -0.05) is 13.8 Å². The Morgan fingerprint density at radius 3 is 3.00 bits per heavy atom. The third-order valence-electron chi connectivity index (χ3n) is 2.73. The van der Waals surface area contributed by atoms with Crippen molar-refractivity contribution in [3.05, 3.63) is 16.6 Å². The van der Waals surface area contributed by atoms with Crippen molar-refractivity contribution in [3.8, 4) is 0 Å². The summed E-state index contributed by atoms with van der Waals surface area (Å²) in [6.07, 6.45) is 4.54. The molecule has 72 valence electrons. The first kappa shape index (κ1) is 9.16. The lowest BCUT2D eigenvalue weighted by Crippen LogP contribution is -2.37. The average Bonchev–Trinajstić information content (AvgIpc) is 2.56. The van der Waals surface area contributed by atoms with E-state index in [1.165, 1.54) is 17.7 Å². The number of rotatable bonds is 1.